The Morgan fingerprint density at radius 3 is 2.86 bits per heavy atom. The van der Waals surface area contributed by atoms with Crippen LogP contribution in [-0.4, -0.2) is 44.6 Å². The van der Waals surface area contributed by atoms with Gasteiger partial charge in [-0.3, -0.25) is 9.59 Å². The molecule has 1 saturated heterocycles. The highest BCUT2D eigenvalue weighted by atomic mass is 16.2. The Morgan fingerprint density at radius 1 is 1.50 bits per heavy atom. The average Bonchev–Trinajstić information content (AvgIpc) is 3.07. The van der Waals surface area contributed by atoms with E-state index >= 15 is 0 Å². The second-order valence-electron chi connectivity index (χ2n) is 5.98. The Balaban J connectivity index is 2.06. The van der Waals surface area contributed by atoms with Gasteiger partial charge in [0.15, 0.2) is 5.82 Å². The molecule has 0 unspecified atom stereocenters. The van der Waals surface area contributed by atoms with Crippen LogP contribution in [0.1, 0.15) is 45.0 Å². The van der Waals surface area contributed by atoms with E-state index in [1.165, 1.54) is 0 Å². The van der Waals surface area contributed by atoms with Crippen molar-refractivity contribution in [2.75, 3.05) is 6.54 Å². The van der Waals surface area contributed by atoms with Gasteiger partial charge in [0, 0.05) is 0 Å². The number of nitrogens with one attached hydrogen (secondary N) is 2. The van der Waals surface area contributed by atoms with Crippen molar-refractivity contribution in [3.63, 3.8) is 0 Å². The molecule has 1 aliphatic rings. The maximum absolute atomic E-state index is 12.3. The largest absolute Gasteiger partial charge is 0.368 e. The fourth-order valence-electron chi connectivity index (χ4n) is 2.48. The van der Waals surface area contributed by atoms with Crippen molar-refractivity contribution in [2.45, 2.75) is 51.7 Å². The van der Waals surface area contributed by atoms with Gasteiger partial charge in [-0.2, -0.15) is 4.80 Å². The van der Waals surface area contributed by atoms with Gasteiger partial charge in [-0.15, -0.1) is 10.2 Å². The van der Waals surface area contributed by atoms with Crippen molar-refractivity contribution in [2.24, 2.45) is 11.7 Å². The Kier molecular flexibility index (Phi) is 5.42. The lowest BCUT2D eigenvalue weighted by Gasteiger charge is -2.19. The Morgan fingerprint density at radius 2 is 2.27 bits per heavy atom. The van der Waals surface area contributed by atoms with Crippen molar-refractivity contribution in [3.8, 4) is 0 Å². The predicted molar refractivity (Wildman–Crippen MR) is 78.4 cm³/mol. The molecule has 9 heteroatoms. The molecule has 2 rings (SSSR count). The van der Waals surface area contributed by atoms with Crippen LogP contribution < -0.4 is 16.4 Å². The number of nitrogens with zero attached hydrogens (tertiary/aromatic N) is 4. The highest BCUT2D eigenvalue weighted by molar-refractivity contribution is 5.82. The molecule has 2 heterocycles. The van der Waals surface area contributed by atoms with E-state index in [-0.39, 0.29) is 24.5 Å². The molecule has 1 aliphatic heterocycles. The smallest absolute Gasteiger partial charge is 0.241 e. The molecule has 0 aromatic carbocycles. The first-order valence-corrected chi connectivity index (χ1v) is 7.55. The summed E-state index contributed by atoms with van der Waals surface area (Å²) in [6.45, 7) is 4.85. The van der Waals surface area contributed by atoms with E-state index in [4.69, 9.17) is 5.73 Å². The molecule has 0 saturated carbocycles. The van der Waals surface area contributed by atoms with Crippen molar-refractivity contribution in [1.29, 1.82) is 0 Å². The zero-order valence-electron chi connectivity index (χ0n) is 13.0. The fraction of sp³-hybridized carbons (Fsp3) is 0.769. The van der Waals surface area contributed by atoms with Crippen molar-refractivity contribution < 1.29 is 9.59 Å². The van der Waals surface area contributed by atoms with Crippen LogP contribution in [0.2, 0.25) is 0 Å². The first-order chi connectivity index (χ1) is 10.5. The number of primary amides is 1. The zero-order valence-corrected chi connectivity index (χ0v) is 13.0. The summed E-state index contributed by atoms with van der Waals surface area (Å²) < 4.78 is 0. The summed E-state index contributed by atoms with van der Waals surface area (Å²) in [5.41, 5.74) is 5.11. The van der Waals surface area contributed by atoms with Gasteiger partial charge in [0.1, 0.15) is 6.54 Å². The van der Waals surface area contributed by atoms with E-state index in [0.29, 0.717) is 18.2 Å². The van der Waals surface area contributed by atoms with Crippen LogP contribution in [0.25, 0.3) is 0 Å². The van der Waals surface area contributed by atoms with E-state index in [0.717, 1.165) is 24.2 Å². The van der Waals surface area contributed by atoms with Gasteiger partial charge >= 0.3 is 0 Å². The van der Waals surface area contributed by atoms with Gasteiger partial charge in [0.2, 0.25) is 11.8 Å². The Bertz CT molecular complexity index is 522. The van der Waals surface area contributed by atoms with E-state index in [9.17, 15) is 9.59 Å². The number of amides is 2. The van der Waals surface area contributed by atoms with Crippen LogP contribution in [0.15, 0.2) is 0 Å². The monoisotopic (exact) mass is 309 g/mol. The lowest BCUT2D eigenvalue weighted by Crippen LogP contribution is -2.42. The summed E-state index contributed by atoms with van der Waals surface area (Å²) in [6, 6.07) is -0.480. The van der Waals surface area contributed by atoms with Crippen LogP contribution in [0.4, 0.5) is 0 Å². The van der Waals surface area contributed by atoms with Crippen molar-refractivity contribution in [3.05, 3.63) is 5.82 Å². The number of hydrogen-bond donors (Lipinski definition) is 3. The number of carbonyl (C=O) groups is 2. The first kappa shape index (κ1) is 16.3. The van der Waals surface area contributed by atoms with E-state index in [1.807, 2.05) is 0 Å². The minimum absolute atomic E-state index is 0.0469. The molecule has 1 fully saturated rings. The molecular formula is C13H23N7O2. The molecular weight excluding hydrogens is 286 g/mol. The third-order valence-corrected chi connectivity index (χ3v) is 3.48. The van der Waals surface area contributed by atoms with Crippen molar-refractivity contribution >= 4 is 11.8 Å². The molecule has 0 bridgehead atoms. The van der Waals surface area contributed by atoms with Gasteiger partial charge in [-0.1, -0.05) is 13.8 Å². The van der Waals surface area contributed by atoms with Gasteiger partial charge < -0.3 is 16.4 Å². The number of carbonyl (C=O) groups excluding carboxylic acids is 2. The first-order valence-electron chi connectivity index (χ1n) is 7.55. The Labute approximate surface area is 129 Å². The lowest BCUT2D eigenvalue weighted by molar-refractivity contribution is -0.123. The molecule has 2 atom stereocenters. The number of aromatic nitrogens is 4. The summed E-state index contributed by atoms with van der Waals surface area (Å²) in [5, 5.41) is 18.0. The molecule has 1 aromatic rings. The molecule has 0 spiro atoms. The fourth-order valence-corrected chi connectivity index (χ4v) is 2.48. The predicted octanol–water partition coefficient (Wildman–Crippen LogP) is -0.886. The highest BCUT2D eigenvalue weighted by Gasteiger charge is 2.27. The highest BCUT2D eigenvalue weighted by Crippen LogP contribution is 2.18. The summed E-state index contributed by atoms with van der Waals surface area (Å²) in [4.78, 5) is 24.3. The van der Waals surface area contributed by atoms with E-state index < -0.39 is 5.91 Å². The molecule has 0 aliphatic carbocycles. The van der Waals surface area contributed by atoms with E-state index in [1.54, 1.807) is 0 Å². The third-order valence-electron chi connectivity index (χ3n) is 3.48. The third kappa shape index (κ3) is 4.48. The molecule has 1 aromatic heterocycles. The lowest BCUT2D eigenvalue weighted by atomic mass is 10.0. The average molecular weight is 309 g/mol. The van der Waals surface area contributed by atoms with Gasteiger partial charge in [-0.25, -0.2) is 0 Å². The summed E-state index contributed by atoms with van der Waals surface area (Å²) in [7, 11) is 0. The number of hydrogen-bond acceptors (Lipinski definition) is 6. The standard InChI is InChI=1S/C13H23N7O2/c1-8(2)6-10(16-13(22)9-4-3-5-15-9)12-17-19-20(18-12)7-11(14)21/h8-10,15H,3-7H2,1-2H3,(H2,14,21)(H,16,22)/t9-,10-/m0/s1. The van der Waals surface area contributed by atoms with Crippen LogP contribution in [-0.2, 0) is 16.1 Å². The second-order valence-corrected chi connectivity index (χ2v) is 5.98. The van der Waals surface area contributed by atoms with Gasteiger partial charge in [-0.05, 0) is 36.9 Å². The molecule has 9 nitrogen and oxygen atoms in total. The maximum Gasteiger partial charge on any atom is 0.241 e. The summed E-state index contributed by atoms with van der Waals surface area (Å²) >= 11 is 0. The Hall–Kier alpha value is -2.03. The van der Waals surface area contributed by atoms with Crippen LogP contribution in [0.5, 0.6) is 0 Å². The number of tetrazole rings is 1. The van der Waals surface area contributed by atoms with E-state index in [2.05, 4.69) is 39.9 Å². The van der Waals surface area contributed by atoms with Crippen LogP contribution in [0, 0.1) is 5.92 Å². The van der Waals surface area contributed by atoms with Crippen LogP contribution >= 0.6 is 0 Å². The number of rotatable bonds is 7. The minimum atomic E-state index is -0.538. The quantitative estimate of drug-likeness (QED) is 0.599. The van der Waals surface area contributed by atoms with Crippen LogP contribution in [0.3, 0.4) is 0 Å². The van der Waals surface area contributed by atoms with Gasteiger partial charge in [0.25, 0.3) is 0 Å². The molecule has 22 heavy (non-hydrogen) atoms. The molecule has 0 radical (unpaired) electrons. The summed E-state index contributed by atoms with van der Waals surface area (Å²) in [6.07, 6.45) is 2.53. The summed E-state index contributed by atoms with van der Waals surface area (Å²) in [5.74, 6) is 0.171. The maximum atomic E-state index is 12.3. The second kappa shape index (κ2) is 7.30. The van der Waals surface area contributed by atoms with Crippen molar-refractivity contribution in [1.82, 2.24) is 30.8 Å². The molecule has 2 amide bonds. The number of nitrogens with two attached hydrogens (primary N) is 1. The topological polar surface area (TPSA) is 128 Å². The molecule has 122 valence electrons. The molecule has 4 N–H and O–H groups in total. The zero-order chi connectivity index (χ0) is 16.1. The van der Waals surface area contributed by atoms with Gasteiger partial charge in [0.05, 0.1) is 12.1 Å². The minimum Gasteiger partial charge on any atom is -0.368 e. The normalized spacial score (nSPS) is 19.3. The SMILES string of the molecule is CC(C)C[C@H](NC(=O)[C@@H]1CCCN1)c1nnn(CC(N)=O)n1.